The van der Waals surface area contributed by atoms with Crippen LogP contribution < -0.4 is 15.4 Å². The molecule has 172 valence electrons. The van der Waals surface area contributed by atoms with Gasteiger partial charge in [0, 0.05) is 24.2 Å². The van der Waals surface area contributed by atoms with E-state index in [1.165, 1.54) is 0 Å². The topological polar surface area (TPSA) is 49.4 Å². The van der Waals surface area contributed by atoms with E-state index < -0.39 is 12.7 Å². The lowest BCUT2D eigenvalue weighted by Crippen LogP contribution is -2.58. The first-order chi connectivity index (χ1) is 15.3. The maximum atomic E-state index is 12.7. The Morgan fingerprint density at radius 3 is 2.88 bits per heavy atom. The Morgan fingerprint density at radius 2 is 2.22 bits per heavy atom. The van der Waals surface area contributed by atoms with E-state index in [4.69, 9.17) is 17.0 Å². The summed E-state index contributed by atoms with van der Waals surface area (Å²) in [5, 5.41) is 6.41. The molecule has 1 aromatic heterocycles. The van der Waals surface area contributed by atoms with Crippen molar-refractivity contribution in [1.29, 1.82) is 0 Å². The van der Waals surface area contributed by atoms with Crippen LogP contribution in [0.4, 0.5) is 13.2 Å². The first-order valence-electron chi connectivity index (χ1n) is 10.7. The van der Waals surface area contributed by atoms with Crippen LogP contribution in [0.25, 0.3) is 10.9 Å². The number of nitrogens with one attached hydrogen (secondary N) is 2. The van der Waals surface area contributed by atoms with Crippen LogP contribution in [-0.2, 0) is 0 Å². The van der Waals surface area contributed by atoms with Crippen molar-refractivity contribution in [3.8, 4) is 5.75 Å². The normalized spacial score (nSPS) is 25.9. The molecule has 5 atom stereocenters. The average Bonchev–Trinajstić information content (AvgIpc) is 2.80. The first-order valence-corrected chi connectivity index (χ1v) is 11.1. The third kappa shape index (κ3) is 4.83. The monoisotopic (exact) mass is 464 g/mol. The zero-order valence-electron chi connectivity index (χ0n) is 17.9. The highest BCUT2D eigenvalue weighted by Gasteiger charge is 2.43. The molecule has 3 aliphatic rings. The summed E-state index contributed by atoms with van der Waals surface area (Å²) in [7, 11) is 1.60. The number of ether oxygens (including phenoxy) is 1. The van der Waals surface area contributed by atoms with Crippen molar-refractivity contribution in [2.45, 2.75) is 31.1 Å². The number of pyridine rings is 1. The summed E-state index contributed by atoms with van der Waals surface area (Å²) in [4.78, 5) is 6.86. The van der Waals surface area contributed by atoms with Gasteiger partial charge in [0.2, 0.25) is 0 Å². The highest BCUT2D eigenvalue weighted by Crippen LogP contribution is 2.42. The van der Waals surface area contributed by atoms with Gasteiger partial charge < -0.3 is 15.4 Å². The fourth-order valence-electron chi connectivity index (χ4n) is 5.02. The van der Waals surface area contributed by atoms with Crippen LogP contribution in [0.3, 0.4) is 0 Å². The van der Waals surface area contributed by atoms with E-state index in [0.29, 0.717) is 17.6 Å². The van der Waals surface area contributed by atoms with Crippen LogP contribution in [0.2, 0.25) is 0 Å². The van der Waals surface area contributed by atoms with Crippen molar-refractivity contribution in [2.24, 2.45) is 11.8 Å². The summed E-state index contributed by atoms with van der Waals surface area (Å²) in [6, 6.07) is 7.36. The predicted octanol–water partition coefficient (Wildman–Crippen LogP) is 4.21. The quantitative estimate of drug-likeness (QED) is 0.494. The fraction of sp³-hybridized carbons (Fsp3) is 0.478. The van der Waals surface area contributed by atoms with Crippen molar-refractivity contribution in [3.05, 3.63) is 48.7 Å². The Bertz CT molecular complexity index is 999. The van der Waals surface area contributed by atoms with Crippen LogP contribution in [0.15, 0.2) is 43.1 Å². The van der Waals surface area contributed by atoms with Gasteiger partial charge in [-0.25, -0.2) is 0 Å². The molecule has 2 bridgehead atoms. The SMILES string of the molecule is C=C[C@H]1CN2CC[C@H]1C[C@@H]2[C@H](NC(=S)NCC(F)(F)F)c1ccnc2ccc(OC)cc12. The van der Waals surface area contributed by atoms with E-state index in [-0.39, 0.29) is 17.2 Å². The molecule has 0 amide bonds. The number of fused-ring (bicyclic) bond motifs is 4. The molecule has 5 rings (SSSR count). The molecule has 5 nitrogen and oxygen atoms in total. The molecular weight excluding hydrogens is 437 g/mol. The standard InChI is InChI=1S/C23H27F3N4OS/c1-3-14-12-30-9-7-15(14)10-20(30)21(29-22(32)28-13-23(24,25)26)17-6-8-27-19-5-4-16(31-2)11-18(17)19/h3-6,8,11,14-15,20-21H,1,7,9-10,12-13H2,2H3,(H2,28,29,32)/t14-,15-,20+,21+/m0/s1. The largest absolute Gasteiger partial charge is 0.497 e. The zero-order valence-corrected chi connectivity index (χ0v) is 18.7. The minimum Gasteiger partial charge on any atom is -0.497 e. The fourth-order valence-corrected chi connectivity index (χ4v) is 5.22. The maximum absolute atomic E-state index is 12.7. The summed E-state index contributed by atoms with van der Waals surface area (Å²) in [6.45, 7) is 4.66. The van der Waals surface area contributed by atoms with E-state index >= 15 is 0 Å². The maximum Gasteiger partial charge on any atom is 0.405 e. The molecule has 3 aliphatic heterocycles. The molecule has 3 fully saturated rings. The van der Waals surface area contributed by atoms with Gasteiger partial charge in [0.05, 0.1) is 18.7 Å². The van der Waals surface area contributed by atoms with E-state index in [9.17, 15) is 13.2 Å². The lowest BCUT2D eigenvalue weighted by Gasteiger charge is -2.52. The Labute approximate surface area is 191 Å². The van der Waals surface area contributed by atoms with Crippen LogP contribution in [0, 0.1) is 11.8 Å². The van der Waals surface area contributed by atoms with Gasteiger partial charge in [-0.3, -0.25) is 9.88 Å². The van der Waals surface area contributed by atoms with Crippen LogP contribution in [-0.4, -0.2) is 54.0 Å². The van der Waals surface area contributed by atoms with Crippen LogP contribution >= 0.6 is 12.2 Å². The molecule has 0 radical (unpaired) electrons. The highest BCUT2D eigenvalue weighted by molar-refractivity contribution is 7.80. The third-order valence-corrected chi connectivity index (χ3v) is 6.85. The van der Waals surface area contributed by atoms with E-state index in [1.54, 1.807) is 13.3 Å². The van der Waals surface area contributed by atoms with Gasteiger partial charge in [0.15, 0.2) is 5.11 Å². The summed E-state index contributed by atoms with van der Waals surface area (Å²) in [5.41, 5.74) is 1.74. The molecule has 0 spiro atoms. The Morgan fingerprint density at radius 1 is 1.41 bits per heavy atom. The second kappa shape index (κ2) is 9.23. The zero-order chi connectivity index (χ0) is 22.9. The average molecular weight is 465 g/mol. The number of nitrogens with zero attached hydrogens (tertiary/aromatic N) is 2. The molecule has 32 heavy (non-hydrogen) atoms. The smallest absolute Gasteiger partial charge is 0.405 e. The summed E-state index contributed by atoms with van der Waals surface area (Å²) >= 11 is 5.27. The van der Waals surface area contributed by atoms with Crippen LogP contribution in [0.5, 0.6) is 5.75 Å². The Balaban J connectivity index is 1.69. The molecule has 9 heteroatoms. The number of thiocarbonyl (C=S) groups is 1. The number of benzene rings is 1. The number of hydrogen-bond acceptors (Lipinski definition) is 4. The number of alkyl halides is 3. The molecule has 4 heterocycles. The van der Waals surface area contributed by atoms with Crippen molar-refractivity contribution in [2.75, 3.05) is 26.7 Å². The second-order valence-corrected chi connectivity index (χ2v) is 8.86. The van der Waals surface area contributed by atoms with Crippen molar-refractivity contribution in [1.82, 2.24) is 20.5 Å². The second-order valence-electron chi connectivity index (χ2n) is 8.45. The summed E-state index contributed by atoms with van der Waals surface area (Å²) < 4.78 is 43.6. The van der Waals surface area contributed by atoms with E-state index in [0.717, 1.165) is 42.4 Å². The highest BCUT2D eigenvalue weighted by atomic mass is 32.1. The van der Waals surface area contributed by atoms with Gasteiger partial charge in [-0.2, -0.15) is 13.2 Å². The number of halogens is 3. The van der Waals surface area contributed by atoms with Crippen molar-refractivity contribution < 1.29 is 17.9 Å². The van der Waals surface area contributed by atoms with Gasteiger partial charge in [0.25, 0.3) is 0 Å². The molecule has 1 unspecified atom stereocenters. The first kappa shape index (κ1) is 22.8. The summed E-state index contributed by atoms with van der Waals surface area (Å²) in [5.74, 6) is 1.64. The van der Waals surface area contributed by atoms with Gasteiger partial charge in [-0.15, -0.1) is 6.58 Å². The molecule has 3 saturated heterocycles. The Kier molecular flexibility index (Phi) is 6.57. The molecular formula is C23H27F3N4OS. The number of rotatable bonds is 6. The number of aromatic nitrogens is 1. The molecule has 2 aromatic rings. The van der Waals surface area contributed by atoms with Gasteiger partial charge in [-0.1, -0.05) is 6.08 Å². The van der Waals surface area contributed by atoms with E-state index in [2.05, 4.69) is 27.1 Å². The molecule has 0 saturated carbocycles. The predicted molar refractivity (Wildman–Crippen MR) is 123 cm³/mol. The summed E-state index contributed by atoms with van der Waals surface area (Å²) in [6.07, 6.45) is 1.43. The van der Waals surface area contributed by atoms with Crippen molar-refractivity contribution >= 4 is 28.2 Å². The van der Waals surface area contributed by atoms with Crippen molar-refractivity contribution in [3.63, 3.8) is 0 Å². The Hall–Kier alpha value is -2.39. The molecule has 2 N–H and O–H groups in total. The molecule has 0 aliphatic carbocycles. The number of hydrogen-bond donors (Lipinski definition) is 2. The minimum atomic E-state index is -4.34. The minimum absolute atomic E-state index is 0.0110. The van der Waals surface area contributed by atoms with Gasteiger partial charge in [-0.05, 0) is 73.3 Å². The third-order valence-electron chi connectivity index (χ3n) is 6.59. The van der Waals surface area contributed by atoms with Crippen LogP contribution in [0.1, 0.15) is 24.4 Å². The number of methoxy groups -OCH3 is 1. The van der Waals surface area contributed by atoms with Gasteiger partial charge >= 0.3 is 6.18 Å². The van der Waals surface area contributed by atoms with E-state index in [1.807, 2.05) is 30.3 Å². The lowest BCUT2D eigenvalue weighted by molar-refractivity contribution is -0.122. The molecule has 1 aromatic carbocycles. The van der Waals surface area contributed by atoms with Gasteiger partial charge in [0.1, 0.15) is 12.3 Å². The lowest BCUT2D eigenvalue weighted by atomic mass is 9.73. The number of piperidine rings is 3.